The standard InChI is InChI=1S/C16H21NO2/c1-13(14-5-3-2-4-6-14)15(18)11-17-9-7-16(8-10-17)12-19-16/h2-6,13H,7-12H2,1H3/t13-/m1/s1. The quantitative estimate of drug-likeness (QED) is 0.777. The molecule has 0 bridgehead atoms. The predicted octanol–water partition coefficient (Wildman–Crippen LogP) is 2.22. The molecule has 1 atom stereocenters. The SMILES string of the molecule is C[C@@H](C(=O)CN1CCC2(CC1)CO2)c1ccccc1. The molecule has 2 aliphatic heterocycles. The van der Waals surface area contributed by atoms with Gasteiger partial charge in [-0.05, 0) is 18.4 Å². The number of ether oxygens (including phenoxy) is 1. The number of carbonyl (C=O) groups excluding carboxylic acids is 1. The molecule has 2 fully saturated rings. The minimum Gasteiger partial charge on any atom is -0.369 e. The molecule has 2 heterocycles. The number of hydrogen-bond acceptors (Lipinski definition) is 3. The number of rotatable bonds is 4. The van der Waals surface area contributed by atoms with Crippen LogP contribution >= 0.6 is 0 Å². The van der Waals surface area contributed by atoms with Crippen molar-refractivity contribution in [2.45, 2.75) is 31.3 Å². The van der Waals surface area contributed by atoms with E-state index in [0.717, 1.165) is 38.1 Å². The number of epoxide rings is 1. The van der Waals surface area contributed by atoms with E-state index in [0.29, 0.717) is 12.3 Å². The predicted molar refractivity (Wildman–Crippen MR) is 74.2 cm³/mol. The number of piperidine rings is 1. The van der Waals surface area contributed by atoms with Gasteiger partial charge < -0.3 is 4.74 Å². The van der Waals surface area contributed by atoms with Gasteiger partial charge in [0.1, 0.15) is 0 Å². The van der Waals surface area contributed by atoms with Crippen LogP contribution in [0.5, 0.6) is 0 Å². The molecule has 2 aliphatic rings. The van der Waals surface area contributed by atoms with E-state index in [4.69, 9.17) is 4.74 Å². The Labute approximate surface area is 114 Å². The van der Waals surface area contributed by atoms with Gasteiger partial charge in [-0.1, -0.05) is 37.3 Å². The molecule has 0 amide bonds. The van der Waals surface area contributed by atoms with Gasteiger partial charge in [-0.3, -0.25) is 9.69 Å². The second kappa shape index (κ2) is 5.06. The van der Waals surface area contributed by atoms with Crippen LogP contribution in [0, 0.1) is 0 Å². The number of nitrogens with zero attached hydrogens (tertiary/aromatic N) is 1. The Morgan fingerprint density at radius 2 is 1.95 bits per heavy atom. The Kier molecular flexibility index (Phi) is 3.42. The van der Waals surface area contributed by atoms with Crippen molar-refractivity contribution in [3.8, 4) is 0 Å². The zero-order chi connectivity index (χ0) is 13.3. The third-order valence-corrected chi connectivity index (χ3v) is 4.48. The number of Topliss-reactive ketones (excluding diaryl/α,β-unsaturated/α-hetero) is 1. The summed E-state index contributed by atoms with van der Waals surface area (Å²) in [7, 11) is 0. The third-order valence-electron chi connectivity index (χ3n) is 4.48. The molecule has 2 saturated heterocycles. The molecule has 0 unspecified atom stereocenters. The van der Waals surface area contributed by atoms with Gasteiger partial charge in [-0.25, -0.2) is 0 Å². The molecule has 0 radical (unpaired) electrons. The highest BCUT2D eigenvalue weighted by atomic mass is 16.6. The van der Waals surface area contributed by atoms with Crippen LogP contribution in [-0.4, -0.2) is 42.5 Å². The van der Waals surface area contributed by atoms with Gasteiger partial charge >= 0.3 is 0 Å². The van der Waals surface area contributed by atoms with E-state index in [9.17, 15) is 4.79 Å². The van der Waals surface area contributed by atoms with Crippen LogP contribution in [-0.2, 0) is 9.53 Å². The normalized spacial score (nSPS) is 23.2. The number of likely N-dealkylation sites (tertiary alicyclic amines) is 1. The van der Waals surface area contributed by atoms with Crippen molar-refractivity contribution in [2.24, 2.45) is 0 Å². The molecule has 102 valence electrons. The molecule has 1 spiro atoms. The van der Waals surface area contributed by atoms with Crippen LogP contribution < -0.4 is 0 Å². The van der Waals surface area contributed by atoms with Crippen LogP contribution in [0.4, 0.5) is 0 Å². The highest BCUT2D eigenvalue weighted by Gasteiger charge is 2.46. The summed E-state index contributed by atoms with van der Waals surface area (Å²) in [6.45, 7) is 5.49. The second-order valence-corrected chi connectivity index (χ2v) is 5.85. The van der Waals surface area contributed by atoms with Gasteiger partial charge in [0.05, 0.1) is 18.8 Å². The van der Waals surface area contributed by atoms with Crippen LogP contribution in [0.1, 0.15) is 31.2 Å². The molecule has 0 N–H and O–H groups in total. The Bertz CT molecular complexity index is 443. The highest BCUT2D eigenvalue weighted by molar-refractivity contribution is 5.87. The van der Waals surface area contributed by atoms with E-state index in [1.54, 1.807) is 0 Å². The monoisotopic (exact) mass is 259 g/mol. The Morgan fingerprint density at radius 1 is 1.32 bits per heavy atom. The van der Waals surface area contributed by atoms with Crippen LogP contribution in [0.15, 0.2) is 30.3 Å². The van der Waals surface area contributed by atoms with Crippen molar-refractivity contribution in [3.63, 3.8) is 0 Å². The largest absolute Gasteiger partial charge is 0.369 e. The zero-order valence-corrected chi connectivity index (χ0v) is 11.5. The van der Waals surface area contributed by atoms with Crippen LogP contribution in [0.25, 0.3) is 0 Å². The maximum absolute atomic E-state index is 12.3. The summed E-state index contributed by atoms with van der Waals surface area (Å²) < 4.78 is 5.50. The van der Waals surface area contributed by atoms with Crippen LogP contribution in [0.2, 0.25) is 0 Å². The fraction of sp³-hybridized carbons (Fsp3) is 0.562. The van der Waals surface area contributed by atoms with E-state index in [1.165, 1.54) is 0 Å². The Balaban J connectivity index is 1.53. The molecule has 0 aliphatic carbocycles. The first kappa shape index (κ1) is 12.8. The molecule has 0 saturated carbocycles. The van der Waals surface area contributed by atoms with Crippen molar-refractivity contribution in [1.29, 1.82) is 0 Å². The summed E-state index contributed by atoms with van der Waals surface area (Å²) in [6.07, 6.45) is 2.17. The van der Waals surface area contributed by atoms with Gasteiger partial charge in [0.25, 0.3) is 0 Å². The first-order chi connectivity index (χ1) is 9.19. The first-order valence-corrected chi connectivity index (χ1v) is 7.13. The van der Waals surface area contributed by atoms with E-state index < -0.39 is 0 Å². The molecule has 3 nitrogen and oxygen atoms in total. The minimum atomic E-state index is -0.00531. The number of ketones is 1. The smallest absolute Gasteiger partial charge is 0.153 e. The number of benzene rings is 1. The second-order valence-electron chi connectivity index (χ2n) is 5.85. The van der Waals surface area contributed by atoms with Crippen molar-refractivity contribution in [1.82, 2.24) is 4.90 Å². The fourth-order valence-electron chi connectivity index (χ4n) is 2.79. The molecule has 1 aromatic rings. The third kappa shape index (κ3) is 2.88. The van der Waals surface area contributed by atoms with Crippen molar-refractivity contribution in [2.75, 3.05) is 26.2 Å². The molecular weight excluding hydrogens is 238 g/mol. The Hall–Kier alpha value is -1.19. The maximum atomic E-state index is 12.3. The van der Waals surface area contributed by atoms with E-state index in [1.807, 2.05) is 37.3 Å². The zero-order valence-electron chi connectivity index (χ0n) is 11.5. The van der Waals surface area contributed by atoms with Crippen molar-refractivity contribution >= 4 is 5.78 Å². The summed E-state index contributed by atoms with van der Waals surface area (Å²) in [5, 5.41) is 0. The average Bonchev–Trinajstić information content (AvgIpc) is 3.21. The van der Waals surface area contributed by atoms with E-state index in [-0.39, 0.29) is 11.5 Å². The first-order valence-electron chi connectivity index (χ1n) is 7.13. The van der Waals surface area contributed by atoms with Crippen molar-refractivity contribution < 1.29 is 9.53 Å². The summed E-state index contributed by atoms with van der Waals surface area (Å²) >= 11 is 0. The lowest BCUT2D eigenvalue weighted by atomic mass is 9.94. The van der Waals surface area contributed by atoms with Gasteiger partial charge in [0.15, 0.2) is 5.78 Å². The lowest BCUT2D eigenvalue weighted by Gasteiger charge is -2.30. The molecule has 3 rings (SSSR count). The topological polar surface area (TPSA) is 32.8 Å². The lowest BCUT2D eigenvalue weighted by molar-refractivity contribution is -0.121. The van der Waals surface area contributed by atoms with Gasteiger partial charge in [-0.2, -0.15) is 0 Å². The highest BCUT2D eigenvalue weighted by Crippen LogP contribution is 2.37. The molecule has 19 heavy (non-hydrogen) atoms. The van der Waals surface area contributed by atoms with E-state index >= 15 is 0 Å². The molecule has 3 heteroatoms. The lowest BCUT2D eigenvalue weighted by Crippen LogP contribution is -2.41. The summed E-state index contributed by atoms with van der Waals surface area (Å²) in [5.74, 6) is 0.313. The molecule has 0 aromatic heterocycles. The summed E-state index contributed by atoms with van der Waals surface area (Å²) in [5.41, 5.74) is 1.32. The van der Waals surface area contributed by atoms with Crippen molar-refractivity contribution in [3.05, 3.63) is 35.9 Å². The van der Waals surface area contributed by atoms with Gasteiger partial charge in [0, 0.05) is 19.0 Å². The molecule has 1 aromatic carbocycles. The average molecular weight is 259 g/mol. The number of carbonyl (C=O) groups is 1. The van der Waals surface area contributed by atoms with E-state index in [2.05, 4.69) is 4.90 Å². The maximum Gasteiger partial charge on any atom is 0.153 e. The number of hydrogen-bond donors (Lipinski definition) is 0. The summed E-state index contributed by atoms with van der Waals surface area (Å²) in [4.78, 5) is 14.6. The Morgan fingerprint density at radius 3 is 2.53 bits per heavy atom. The van der Waals surface area contributed by atoms with Crippen LogP contribution in [0.3, 0.4) is 0 Å². The minimum absolute atomic E-state index is 0.00531. The van der Waals surface area contributed by atoms with Gasteiger partial charge in [0.2, 0.25) is 0 Å². The summed E-state index contributed by atoms with van der Waals surface area (Å²) in [6, 6.07) is 10.0. The molecular formula is C16H21NO2. The fourth-order valence-corrected chi connectivity index (χ4v) is 2.79. The van der Waals surface area contributed by atoms with Gasteiger partial charge in [-0.15, -0.1) is 0 Å².